The fourth-order valence-electron chi connectivity index (χ4n) is 2.38. The summed E-state index contributed by atoms with van der Waals surface area (Å²) in [7, 11) is 0. The number of fused-ring (bicyclic) bond motifs is 1. The van der Waals surface area contributed by atoms with E-state index in [1.165, 1.54) is 0 Å². The van der Waals surface area contributed by atoms with Crippen molar-refractivity contribution in [2.75, 3.05) is 0 Å². The highest BCUT2D eigenvalue weighted by atomic mass is 16.4. The zero-order chi connectivity index (χ0) is 16.1. The molecule has 2 rings (SSSR count). The van der Waals surface area contributed by atoms with E-state index in [4.69, 9.17) is 5.11 Å². The minimum absolute atomic E-state index is 0.150. The molecule has 0 bridgehead atoms. The van der Waals surface area contributed by atoms with E-state index in [1.54, 1.807) is 20.0 Å². The number of benzene rings is 1. The monoisotopic (exact) mass is 300 g/mol. The molecule has 22 heavy (non-hydrogen) atoms. The van der Waals surface area contributed by atoms with Crippen molar-refractivity contribution in [1.82, 2.24) is 10.3 Å². The number of aryl methyl sites for hydroxylation is 1. The van der Waals surface area contributed by atoms with Gasteiger partial charge in [-0.3, -0.25) is 9.78 Å². The van der Waals surface area contributed by atoms with Crippen LogP contribution < -0.4 is 5.32 Å². The number of nitrogens with zero attached hydrogens (tertiary/aromatic N) is 1. The second-order valence-electron chi connectivity index (χ2n) is 5.61. The van der Waals surface area contributed by atoms with E-state index in [0.717, 1.165) is 16.5 Å². The molecule has 0 spiro atoms. The third-order valence-corrected chi connectivity index (χ3v) is 3.61. The molecule has 0 saturated heterocycles. The van der Waals surface area contributed by atoms with Gasteiger partial charge in [-0.25, -0.2) is 4.79 Å². The number of rotatable bonds is 6. The number of carbonyl (C=O) groups is 2. The van der Waals surface area contributed by atoms with Gasteiger partial charge in [0.25, 0.3) is 0 Å². The highest BCUT2D eigenvalue weighted by Crippen LogP contribution is 2.17. The van der Waals surface area contributed by atoms with E-state index >= 15 is 0 Å². The Morgan fingerprint density at radius 3 is 2.64 bits per heavy atom. The number of carbonyl (C=O) groups excluding carboxylic acids is 1. The summed E-state index contributed by atoms with van der Waals surface area (Å²) < 4.78 is 0. The first-order chi connectivity index (χ1) is 10.5. The molecule has 0 aliphatic carbocycles. The standard InChI is InChI=1S/C17H20N2O3/c1-11(2)16(17(21)22)19-15(20)8-7-12-9-10-18-14-6-4-3-5-13(12)14/h3-6,9-11,16H,7-8H2,1-2H3,(H,19,20)(H,21,22)/t16-/m1/s1. The van der Waals surface area contributed by atoms with Gasteiger partial charge in [0, 0.05) is 18.0 Å². The van der Waals surface area contributed by atoms with Crippen LogP contribution in [0.5, 0.6) is 0 Å². The lowest BCUT2D eigenvalue weighted by molar-refractivity contribution is -0.143. The predicted octanol–water partition coefficient (Wildman–Crippen LogP) is 2.39. The molecule has 0 radical (unpaired) electrons. The SMILES string of the molecule is CC(C)[C@@H](NC(=O)CCc1ccnc2ccccc12)C(=O)O. The van der Waals surface area contributed by atoms with E-state index in [1.807, 2.05) is 30.3 Å². The Bertz CT molecular complexity index is 677. The van der Waals surface area contributed by atoms with Gasteiger partial charge in [0.15, 0.2) is 0 Å². The van der Waals surface area contributed by atoms with Crippen LogP contribution in [0, 0.1) is 5.92 Å². The van der Waals surface area contributed by atoms with Gasteiger partial charge in [-0.05, 0) is 30.0 Å². The molecule has 1 aromatic heterocycles. The fraction of sp³-hybridized carbons (Fsp3) is 0.353. The van der Waals surface area contributed by atoms with E-state index in [2.05, 4.69) is 10.3 Å². The average molecular weight is 300 g/mol. The topological polar surface area (TPSA) is 79.3 Å². The first-order valence-corrected chi connectivity index (χ1v) is 7.34. The maximum absolute atomic E-state index is 12.0. The van der Waals surface area contributed by atoms with Crippen molar-refractivity contribution >= 4 is 22.8 Å². The molecule has 116 valence electrons. The lowest BCUT2D eigenvalue weighted by Crippen LogP contribution is -2.44. The molecule has 5 nitrogen and oxygen atoms in total. The zero-order valence-electron chi connectivity index (χ0n) is 12.7. The van der Waals surface area contributed by atoms with Gasteiger partial charge in [0.2, 0.25) is 5.91 Å². The van der Waals surface area contributed by atoms with Gasteiger partial charge in [-0.1, -0.05) is 32.0 Å². The number of carboxylic acids is 1. The molecule has 0 aliphatic heterocycles. The molecular formula is C17H20N2O3. The van der Waals surface area contributed by atoms with Gasteiger partial charge in [0.1, 0.15) is 6.04 Å². The summed E-state index contributed by atoms with van der Waals surface area (Å²) in [5.74, 6) is -1.40. The summed E-state index contributed by atoms with van der Waals surface area (Å²) in [5, 5.41) is 12.7. The maximum atomic E-state index is 12.0. The van der Waals surface area contributed by atoms with Crippen molar-refractivity contribution in [3.05, 3.63) is 42.1 Å². The zero-order valence-corrected chi connectivity index (χ0v) is 12.7. The van der Waals surface area contributed by atoms with Crippen LogP contribution in [0.15, 0.2) is 36.5 Å². The molecule has 0 fully saturated rings. The number of nitrogens with one attached hydrogen (secondary N) is 1. The van der Waals surface area contributed by atoms with Gasteiger partial charge >= 0.3 is 5.97 Å². The lowest BCUT2D eigenvalue weighted by Gasteiger charge is -2.17. The molecule has 1 amide bonds. The maximum Gasteiger partial charge on any atom is 0.326 e. The molecule has 1 aromatic carbocycles. The number of hydrogen-bond acceptors (Lipinski definition) is 3. The Morgan fingerprint density at radius 1 is 1.23 bits per heavy atom. The minimum atomic E-state index is -1.00. The van der Waals surface area contributed by atoms with Crippen molar-refractivity contribution in [2.45, 2.75) is 32.7 Å². The van der Waals surface area contributed by atoms with Gasteiger partial charge in [-0.2, -0.15) is 0 Å². The molecular weight excluding hydrogens is 280 g/mol. The number of carboxylic acid groups (broad SMARTS) is 1. The average Bonchev–Trinajstić information content (AvgIpc) is 2.49. The van der Waals surface area contributed by atoms with E-state index in [9.17, 15) is 9.59 Å². The molecule has 1 heterocycles. The number of amides is 1. The third kappa shape index (κ3) is 3.81. The summed E-state index contributed by atoms with van der Waals surface area (Å²) >= 11 is 0. The molecule has 2 N–H and O–H groups in total. The molecule has 0 unspecified atom stereocenters. The predicted molar refractivity (Wildman–Crippen MR) is 84.5 cm³/mol. The Morgan fingerprint density at radius 2 is 1.95 bits per heavy atom. The van der Waals surface area contributed by atoms with Crippen molar-refractivity contribution in [3.63, 3.8) is 0 Å². The third-order valence-electron chi connectivity index (χ3n) is 3.61. The van der Waals surface area contributed by atoms with E-state index < -0.39 is 12.0 Å². The van der Waals surface area contributed by atoms with E-state index in [-0.39, 0.29) is 18.2 Å². The fourth-order valence-corrected chi connectivity index (χ4v) is 2.38. The van der Waals surface area contributed by atoms with Crippen LogP contribution in [0.2, 0.25) is 0 Å². The molecule has 2 aromatic rings. The molecule has 1 atom stereocenters. The lowest BCUT2D eigenvalue weighted by atomic mass is 10.0. The Kier molecular flexibility index (Phi) is 5.09. The Balaban J connectivity index is 2.03. The van der Waals surface area contributed by atoms with Gasteiger partial charge < -0.3 is 10.4 Å². The van der Waals surface area contributed by atoms with Gasteiger partial charge in [-0.15, -0.1) is 0 Å². The first-order valence-electron chi connectivity index (χ1n) is 7.34. The molecule has 0 saturated carbocycles. The number of pyridine rings is 1. The summed E-state index contributed by atoms with van der Waals surface area (Å²) in [4.78, 5) is 27.4. The van der Waals surface area contributed by atoms with Crippen molar-refractivity contribution in [3.8, 4) is 0 Å². The van der Waals surface area contributed by atoms with Crippen LogP contribution in [0.3, 0.4) is 0 Å². The highest BCUT2D eigenvalue weighted by molar-refractivity contribution is 5.85. The van der Waals surface area contributed by atoms with Crippen molar-refractivity contribution < 1.29 is 14.7 Å². The van der Waals surface area contributed by atoms with Crippen LogP contribution in [-0.4, -0.2) is 28.0 Å². The van der Waals surface area contributed by atoms with Crippen LogP contribution in [-0.2, 0) is 16.0 Å². The van der Waals surface area contributed by atoms with Crippen LogP contribution >= 0.6 is 0 Å². The summed E-state index contributed by atoms with van der Waals surface area (Å²) in [6.45, 7) is 3.55. The largest absolute Gasteiger partial charge is 0.480 e. The second kappa shape index (κ2) is 7.02. The Labute approximate surface area is 129 Å². The Hall–Kier alpha value is -2.43. The van der Waals surface area contributed by atoms with Crippen molar-refractivity contribution in [1.29, 1.82) is 0 Å². The van der Waals surface area contributed by atoms with Crippen LogP contribution in [0.1, 0.15) is 25.8 Å². The number of hydrogen-bond donors (Lipinski definition) is 2. The molecule has 0 aliphatic rings. The van der Waals surface area contributed by atoms with Crippen molar-refractivity contribution in [2.24, 2.45) is 5.92 Å². The summed E-state index contributed by atoms with van der Waals surface area (Å²) in [5.41, 5.74) is 1.93. The van der Waals surface area contributed by atoms with Crippen LogP contribution in [0.4, 0.5) is 0 Å². The highest BCUT2D eigenvalue weighted by Gasteiger charge is 2.23. The van der Waals surface area contributed by atoms with E-state index in [0.29, 0.717) is 6.42 Å². The van der Waals surface area contributed by atoms with Gasteiger partial charge in [0.05, 0.1) is 5.52 Å². The summed E-state index contributed by atoms with van der Waals surface area (Å²) in [6.07, 6.45) is 2.54. The minimum Gasteiger partial charge on any atom is -0.480 e. The second-order valence-corrected chi connectivity index (χ2v) is 5.61. The normalized spacial score (nSPS) is 12.3. The quantitative estimate of drug-likeness (QED) is 0.858. The molecule has 5 heteroatoms. The smallest absolute Gasteiger partial charge is 0.326 e. The van der Waals surface area contributed by atoms with Crippen LogP contribution in [0.25, 0.3) is 10.9 Å². The first kappa shape index (κ1) is 15.9. The summed E-state index contributed by atoms with van der Waals surface area (Å²) in [6, 6.07) is 8.81. The number of para-hydroxylation sites is 1. The number of aliphatic carboxylic acids is 1. The number of aromatic nitrogens is 1.